The van der Waals surface area contributed by atoms with Crippen LogP contribution in [0.5, 0.6) is 0 Å². The molecule has 0 amide bonds. The highest BCUT2D eigenvalue weighted by Gasteiger charge is 2.13. The minimum absolute atomic E-state index is 0.205. The molecule has 0 unspecified atom stereocenters. The predicted octanol–water partition coefficient (Wildman–Crippen LogP) is 2.55. The monoisotopic (exact) mass is 378 g/mol. The van der Waals surface area contributed by atoms with Crippen molar-refractivity contribution in [1.82, 2.24) is 24.3 Å². The predicted molar refractivity (Wildman–Crippen MR) is 107 cm³/mol. The first kappa shape index (κ1) is 18.1. The minimum Gasteiger partial charge on any atom is -0.377 e. The van der Waals surface area contributed by atoms with Gasteiger partial charge in [0.15, 0.2) is 11.5 Å². The molecule has 0 atom stereocenters. The van der Waals surface area contributed by atoms with E-state index in [4.69, 9.17) is 4.74 Å². The fourth-order valence-corrected chi connectivity index (χ4v) is 3.15. The average molecular weight is 378 g/mol. The molecule has 1 aromatic carbocycles. The molecule has 8 nitrogen and oxygen atoms in total. The zero-order valence-electron chi connectivity index (χ0n) is 15.7. The Labute approximate surface area is 161 Å². The number of rotatable bonds is 8. The number of aromatic nitrogens is 5. The number of fused-ring (bicyclic) bond motifs is 3. The Morgan fingerprint density at radius 3 is 2.86 bits per heavy atom. The van der Waals surface area contributed by atoms with Gasteiger partial charge in [0.25, 0.3) is 5.56 Å². The van der Waals surface area contributed by atoms with Crippen LogP contribution in [-0.2, 0) is 17.8 Å². The lowest BCUT2D eigenvalue weighted by Gasteiger charge is -2.10. The van der Waals surface area contributed by atoms with Gasteiger partial charge in [0.2, 0.25) is 0 Å². The van der Waals surface area contributed by atoms with Crippen molar-refractivity contribution in [3.8, 4) is 0 Å². The fraction of sp³-hybridized carbons (Fsp3) is 0.300. The zero-order valence-corrected chi connectivity index (χ0v) is 15.7. The summed E-state index contributed by atoms with van der Waals surface area (Å²) in [6, 6.07) is 10.1. The van der Waals surface area contributed by atoms with E-state index in [0.29, 0.717) is 48.7 Å². The van der Waals surface area contributed by atoms with Crippen molar-refractivity contribution >= 4 is 22.5 Å². The van der Waals surface area contributed by atoms with E-state index in [-0.39, 0.29) is 5.56 Å². The van der Waals surface area contributed by atoms with Gasteiger partial charge in [-0.25, -0.2) is 15.0 Å². The summed E-state index contributed by atoms with van der Waals surface area (Å²) < 4.78 is 7.49. The molecule has 0 saturated heterocycles. The van der Waals surface area contributed by atoms with Crippen LogP contribution in [0.3, 0.4) is 0 Å². The summed E-state index contributed by atoms with van der Waals surface area (Å²) in [5, 5.41) is 3.27. The summed E-state index contributed by atoms with van der Waals surface area (Å²) in [5.41, 5.74) is 2.66. The largest absolute Gasteiger partial charge is 0.377 e. The highest BCUT2D eigenvalue weighted by molar-refractivity contribution is 5.84. The van der Waals surface area contributed by atoms with Crippen molar-refractivity contribution in [2.45, 2.75) is 26.4 Å². The molecule has 0 aliphatic rings. The second kappa shape index (κ2) is 8.18. The van der Waals surface area contributed by atoms with E-state index in [1.807, 2.05) is 37.3 Å². The molecule has 0 aliphatic carbocycles. The van der Waals surface area contributed by atoms with Crippen molar-refractivity contribution in [1.29, 1.82) is 0 Å². The van der Waals surface area contributed by atoms with E-state index in [9.17, 15) is 4.79 Å². The molecule has 144 valence electrons. The molecule has 0 fully saturated rings. The number of imidazole rings is 1. The van der Waals surface area contributed by atoms with Gasteiger partial charge in [-0.05, 0) is 12.0 Å². The molecule has 0 aliphatic heterocycles. The summed E-state index contributed by atoms with van der Waals surface area (Å²) in [5.74, 6) is 1.40. The molecule has 4 aromatic rings. The number of hydrogen-bond acceptors (Lipinski definition) is 6. The molecule has 0 radical (unpaired) electrons. The minimum atomic E-state index is -0.205. The molecule has 4 rings (SSSR count). The van der Waals surface area contributed by atoms with E-state index in [1.54, 1.807) is 10.6 Å². The molecule has 2 N–H and O–H groups in total. The normalized spacial score (nSPS) is 11.3. The maximum absolute atomic E-state index is 12.4. The van der Waals surface area contributed by atoms with Crippen LogP contribution in [0.15, 0.2) is 47.7 Å². The van der Waals surface area contributed by atoms with Gasteiger partial charge in [-0.2, -0.15) is 0 Å². The van der Waals surface area contributed by atoms with Crippen LogP contribution in [0.25, 0.3) is 16.7 Å². The topological polar surface area (TPSA) is 97.2 Å². The number of aryl methyl sites for hydroxylation is 1. The smallest absolute Gasteiger partial charge is 0.274 e. The third-order valence-corrected chi connectivity index (χ3v) is 4.53. The Balaban J connectivity index is 1.44. The van der Waals surface area contributed by atoms with Gasteiger partial charge in [0.1, 0.15) is 23.2 Å². The van der Waals surface area contributed by atoms with Crippen LogP contribution in [-0.4, -0.2) is 37.5 Å². The van der Waals surface area contributed by atoms with Gasteiger partial charge < -0.3 is 15.0 Å². The lowest BCUT2D eigenvalue weighted by molar-refractivity contribution is 0.120. The lowest BCUT2D eigenvalue weighted by atomic mass is 10.2. The van der Waals surface area contributed by atoms with Crippen LogP contribution in [0.2, 0.25) is 0 Å². The first-order chi connectivity index (χ1) is 13.8. The SMILES string of the molecule is CCc1ncc2c(=O)[nH]c3c(NCCCOCc4ccccc4)ncnc3n12. The third kappa shape index (κ3) is 3.59. The summed E-state index contributed by atoms with van der Waals surface area (Å²) in [6.07, 6.45) is 4.60. The van der Waals surface area contributed by atoms with Crippen molar-refractivity contribution in [3.05, 3.63) is 64.6 Å². The number of H-pyrrole nitrogens is 1. The van der Waals surface area contributed by atoms with Crippen LogP contribution in [0.4, 0.5) is 5.82 Å². The second-order valence-electron chi connectivity index (χ2n) is 6.44. The molecule has 0 bridgehead atoms. The summed E-state index contributed by atoms with van der Waals surface area (Å²) in [4.78, 5) is 28.3. The van der Waals surface area contributed by atoms with Crippen LogP contribution in [0.1, 0.15) is 24.7 Å². The molecule has 3 heterocycles. The van der Waals surface area contributed by atoms with Crippen molar-refractivity contribution < 1.29 is 4.74 Å². The first-order valence-electron chi connectivity index (χ1n) is 9.36. The average Bonchev–Trinajstić information content (AvgIpc) is 3.17. The quantitative estimate of drug-likeness (QED) is 0.457. The van der Waals surface area contributed by atoms with Crippen molar-refractivity contribution in [2.24, 2.45) is 0 Å². The first-order valence-corrected chi connectivity index (χ1v) is 9.36. The molecule has 28 heavy (non-hydrogen) atoms. The molecular formula is C20H22N6O2. The Kier molecular flexibility index (Phi) is 5.29. The van der Waals surface area contributed by atoms with Crippen molar-refractivity contribution in [3.63, 3.8) is 0 Å². The summed E-state index contributed by atoms with van der Waals surface area (Å²) >= 11 is 0. The van der Waals surface area contributed by atoms with Crippen molar-refractivity contribution in [2.75, 3.05) is 18.5 Å². The Morgan fingerprint density at radius 2 is 2.04 bits per heavy atom. The number of hydrogen-bond donors (Lipinski definition) is 2. The number of nitrogens with zero attached hydrogens (tertiary/aromatic N) is 4. The molecule has 3 aromatic heterocycles. The molecular weight excluding hydrogens is 356 g/mol. The van der Waals surface area contributed by atoms with Crippen LogP contribution in [0, 0.1) is 0 Å². The third-order valence-electron chi connectivity index (χ3n) is 4.53. The van der Waals surface area contributed by atoms with Gasteiger partial charge in [0, 0.05) is 19.6 Å². The highest BCUT2D eigenvalue weighted by atomic mass is 16.5. The maximum atomic E-state index is 12.4. The Bertz CT molecular complexity index is 1140. The Hall–Kier alpha value is -3.26. The molecule has 0 saturated carbocycles. The van der Waals surface area contributed by atoms with E-state index in [1.165, 1.54) is 6.33 Å². The molecule has 8 heteroatoms. The van der Waals surface area contributed by atoms with Gasteiger partial charge >= 0.3 is 0 Å². The number of anilines is 1. The van der Waals surface area contributed by atoms with E-state index >= 15 is 0 Å². The fourth-order valence-electron chi connectivity index (χ4n) is 3.15. The zero-order chi connectivity index (χ0) is 19.3. The molecule has 0 spiro atoms. The van der Waals surface area contributed by atoms with E-state index in [0.717, 1.165) is 17.8 Å². The Morgan fingerprint density at radius 1 is 1.18 bits per heavy atom. The number of nitrogens with one attached hydrogen (secondary N) is 2. The summed E-state index contributed by atoms with van der Waals surface area (Å²) in [6.45, 7) is 3.90. The van der Waals surface area contributed by atoms with E-state index in [2.05, 4.69) is 25.3 Å². The lowest BCUT2D eigenvalue weighted by Crippen LogP contribution is -2.15. The standard InChI is InChI=1S/C20H22N6O2/c1-2-16-22-11-15-20(27)25-17-18(23-13-24-19(17)26(15)16)21-9-6-10-28-12-14-7-4-3-5-8-14/h3-5,7-8,11,13H,2,6,9-10,12H2,1H3,(H,25,27)(H,21,23,24). The van der Waals surface area contributed by atoms with Crippen LogP contribution >= 0.6 is 0 Å². The number of ether oxygens (including phenoxy) is 1. The van der Waals surface area contributed by atoms with E-state index < -0.39 is 0 Å². The second-order valence-corrected chi connectivity index (χ2v) is 6.44. The number of benzene rings is 1. The van der Waals surface area contributed by atoms with Crippen LogP contribution < -0.4 is 10.9 Å². The highest BCUT2D eigenvalue weighted by Crippen LogP contribution is 2.18. The maximum Gasteiger partial charge on any atom is 0.274 e. The number of aromatic amines is 1. The summed E-state index contributed by atoms with van der Waals surface area (Å²) in [7, 11) is 0. The van der Waals surface area contributed by atoms with Gasteiger partial charge in [-0.3, -0.25) is 9.20 Å². The van der Waals surface area contributed by atoms with Gasteiger partial charge in [0.05, 0.1) is 12.8 Å². The van der Waals surface area contributed by atoms with Gasteiger partial charge in [-0.15, -0.1) is 0 Å². The van der Waals surface area contributed by atoms with Gasteiger partial charge in [-0.1, -0.05) is 37.3 Å².